The van der Waals surface area contributed by atoms with Gasteiger partial charge in [0.1, 0.15) is 0 Å². The van der Waals surface area contributed by atoms with Gasteiger partial charge in [0.05, 0.1) is 17.0 Å². The molecule has 0 spiro atoms. The van der Waals surface area contributed by atoms with Crippen LogP contribution in [-0.4, -0.2) is 28.8 Å². The number of anilines is 1. The molecule has 1 unspecified atom stereocenters. The Morgan fingerprint density at radius 2 is 1.89 bits per heavy atom. The molecular formula is C14H21N3O. The maximum absolute atomic E-state index is 11.5. The summed E-state index contributed by atoms with van der Waals surface area (Å²) in [6.07, 6.45) is 2.47. The Labute approximate surface area is 108 Å². The van der Waals surface area contributed by atoms with Gasteiger partial charge in [-0.1, -0.05) is 6.92 Å². The highest BCUT2D eigenvalue weighted by Crippen LogP contribution is 2.22. The lowest BCUT2D eigenvalue weighted by atomic mass is 10.0. The minimum Gasteiger partial charge on any atom is -0.341 e. The predicted molar refractivity (Wildman–Crippen MR) is 72.1 cm³/mol. The summed E-state index contributed by atoms with van der Waals surface area (Å²) in [4.78, 5) is 22.8. The fourth-order valence-electron chi connectivity index (χ4n) is 2.72. The summed E-state index contributed by atoms with van der Waals surface area (Å²) < 4.78 is 0. The van der Waals surface area contributed by atoms with Crippen LogP contribution >= 0.6 is 0 Å². The summed E-state index contributed by atoms with van der Waals surface area (Å²) in [7, 11) is 0. The largest absolute Gasteiger partial charge is 0.341 e. The molecule has 0 radical (unpaired) electrons. The van der Waals surface area contributed by atoms with E-state index in [4.69, 9.17) is 0 Å². The zero-order valence-electron chi connectivity index (χ0n) is 11.7. The van der Waals surface area contributed by atoms with Crippen molar-refractivity contribution in [3.63, 3.8) is 0 Å². The van der Waals surface area contributed by atoms with Gasteiger partial charge in [-0.05, 0) is 39.5 Å². The topological polar surface area (TPSA) is 46.1 Å². The van der Waals surface area contributed by atoms with Gasteiger partial charge in [0, 0.05) is 13.1 Å². The molecule has 1 aliphatic heterocycles. The van der Waals surface area contributed by atoms with Crippen molar-refractivity contribution in [2.45, 2.75) is 40.5 Å². The van der Waals surface area contributed by atoms with Crippen molar-refractivity contribution < 1.29 is 4.79 Å². The fourth-order valence-corrected chi connectivity index (χ4v) is 2.72. The minimum atomic E-state index is 0.0450. The number of carbonyl (C=O) groups is 1. The molecule has 2 rings (SSSR count). The highest BCUT2D eigenvalue weighted by atomic mass is 16.1. The van der Waals surface area contributed by atoms with Gasteiger partial charge in [-0.15, -0.1) is 0 Å². The van der Waals surface area contributed by atoms with Gasteiger partial charge in [0.2, 0.25) is 5.95 Å². The molecule has 98 valence electrons. The van der Waals surface area contributed by atoms with Crippen LogP contribution in [0.25, 0.3) is 0 Å². The zero-order valence-corrected chi connectivity index (χ0v) is 11.7. The van der Waals surface area contributed by atoms with E-state index >= 15 is 0 Å². The van der Waals surface area contributed by atoms with Crippen LogP contribution in [0.15, 0.2) is 0 Å². The van der Waals surface area contributed by atoms with Gasteiger partial charge in [0.25, 0.3) is 0 Å². The van der Waals surface area contributed by atoms with E-state index in [0.717, 1.165) is 30.4 Å². The summed E-state index contributed by atoms with van der Waals surface area (Å²) in [5.74, 6) is 1.51. The summed E-state index contributed by atoms with van der Waals surface area (Å²) in [5.41, 5.74) is 2.26. The third-order valence-corrected chi connectivity index (χ3v) is 3.55. The Balaban J connectivity index is 2.32. The quantitative estimate of drug-likeness (QED) is 0.753. The number of hydrogen-bond acceptors (Lipinski definition) is 4. The van der Waals surface area contributed by atoms with E-state index in [1.807, 2.05) is 13.8 Å². The van der Waals surface area contributed by atoms with Crippen molar-refractivity contribution >= 4 is 11.7 Å². The molecular weight excluding hydrogens is 226 g/mol. The third kappa shape index (κ3) is 2.52. The van der Waals surface area contributed by atoms with Crippen LogP contribution in [0.2, 0.25) is 0 Å². The van der Waals surface area contributed by atoms with E-state index in [1.54, 1.807) is 6.92 Å². The van der Waals surface area contributed by atoms with Gasteiger partial charge in [-0.25, -0.2) is 9.97 Å². The van der Waals surface area contributed by atoms with Crippen LogP contribution in [0.5, 0.6) is 0 Å². The molecule has 0 saturated carbocycles. The number of rotatable bonds is 2. The number of aryl methyl sites for hydroxylation is 2. The first-order valence-electron chi connectivity index (χ1n) is 6.60. The van der Waals surface area contributed by atoms with Crippen LogP contribution in [0.1, 0.15) is 48.4 Å². The van der Waals surface area contributed by atoms with E-state index < -0.39 is 0 Å². The maximum Gasteiger partial charge on any atom is 0.225 e. The first-order chi connectivity index (χ1) is 8.49. The van der Waals surface area contributed by atoms with Crippen molar-refractivity contribution in [2.75, 3.05) is 18.0 Å². The first-order valence-corrected chi connectivity index (χ1v) is 6.60. The van der Waals surface area contributed by atoms with E-state index in [-0.39, 0.29) is 5.78 Å². The van der Waals surface area contributed by atoms with Gasteiger partial charge in [-0.2, -0.15) is 0 Å². The molecule has 0 bridgehead atoms. The lowest BCUT2D eigenvalue weighted by Gasteiger charge is -2.31. The van der Waals surface area contributed by atoms with Crippen molar-refractivity contribution in [3.8, 4) is 0 Å². The number of carbonyl (C=O) groups excluding carboxylic acids is 1. The Morgan fingerprint density at radius 1 is 1.28 bits per heavy atom. The first kappa shape index (κ1) is 13.0. The molecule has 1 fully saturated rings. The molecule has 1 aliphatic rings. The number of piperidine rings is 1. The van der Waals surface area contributed by atoms with Gasteiger partial charge < -0.3 is 4.90 Å². The highest BCUT2D eigenvalue weighted by Gasteiger charge is 2.20. The van der Waals surface area contributed by atoms with Crippen molar-refractivity contribution in [1.82, 2.24) is 9.97 Å². The van der Waals surface area contributed by atoms with E-state index in [2.05, 4.69) is 21.8 Å². The molecule has 1 aromatic heterocycles. The minimum absolute atomic E-state index is 0.0450. The Morgan fingerprint density at radius 3 is 2.39 bits per heavy atom. The van der Waals surface area contributed by atoms with Crippen LogP contribution in [0, 0.1) is 19.8 Å². The standard InChI is InChI=1S/C14H21N3O/c1-9-6-5-7-17(8-9)14-15-10(2)13(12(4)18)11(3)16-14/h9H,5-8H2,1-4H3. The molecule has 0 amide bonds. The van der Waals surface area contributed by atoms with Crippen LogP contribution in [-0.2, 0) is 0 Å². The molecule has 0 aliphatic carbocycles. The Hall–Kier alpha value is -1.45. The number of nitrogens with zero attached hydrogens (tertiary/aromatic N) is 3. The SMILES string of the molecule is CC(=O)c1c(C)nc(N2CCCC(C)C2)nc1C. The fraction of sp³-hybridized carbons (Fsp3) is 0.643. The molecule has 4 heteroatoms. The van der Waals surface area contributed by atoms with Gasteiger partial charge in [0.15, 0.2) is 5.78 Å². The number of aromatic nitrogens is 2. The van der Waals surface area contributed by atoms with E-state index in [0.29, 0.717) is 11.5 Å². The predicted octanol–water partition coefficient (Wildman–Crippen LogP) is 2.53. The molecule has 1 saturated heterocycles. The molecule has 1 aromatic rings. The Bertz CT molecular complexity index is 447. The summed E-state index contributed by atoms with van der Waals surface area (Å²) in [5, 5.41) is 0. The van der Waals surface area contributed by atoms with Crippen LogP contribution < -0.4 is 4.90 Å². The summed E-state index contributed by atoms with van der Waals surface area (Å²) in [6, 6.07) is 0. The smallest absolute Gasteiger partial charge is 0.225 e. The summed E-state index contributed by atoms with van der Waals surface area (Å²) in [6.45, 7) is 9.64. The van der Waals surface area contributed by atoms with Crippen molar-refractivity contribution in [1.29, 1.82) is 0 Å². The van der Waals surface area contributed by atoms with Crippen LogP contribution in [0.3, 0.4) is 0 Å². The van der Waals surface area contributed by atoms with Crippen molar-refractivity contribution in [3.05, 3.63) is 17.0 Å². The Kier molecular flexibility index (Phi) is 3.64. The lowest BCUT2D eigenvalue weighted by molar-refractivity contribution is 0.101. The van der Waals surface area contributed by atoms with Crippen molar-refractivity contribution in [2.24, 2.45) is 5.92 Å². The highest BCUT2D eigenvalue weighted by molar-refractivity contribution is 5.96. The number of ketones is 1. The second-order valence-electron chi connectivity index (χ2n) is 5.32. The third-order valence-electron chi connectivity index (χ3n) is 3.55. The second-order valence-corrected chi connectivity index (χ2v) is 5.32. The molecule has 2 heterocycles. The second kappa shape index (κ2) is 5.04. The monoisotopic (exact) mass is 247 g/mol. The van der Waals surface area contributed by atoms with Crippen LogP contribution in [0.4, 0.5) is 5.95 Å². The number of hydrogen-bond donors (Lipinski definition) is 0. The zero-order chi connectivity index (χ0) is 13.3. The number of Topliss-reactive ketones (excluding diaryl/α,β-unsaturated/α-hetero) is 1. The molecule has 0 aromatic carbocycles. The average Bonchev–Trinajstić information content (AvgIpc) is 2.27. The van der Waals surface area contributed by atoms with Gasteiger partial charge in [-0.3, -0.25) is 4.79 Å². The molecule has 4 nitrogen and oxygen atoms in total. The van der Waals surface area contributed by atoms with Gasteiger partial charge >= 0.3 is 0 Å². The summed E-state index contributed by atoms with van der Waals surface area (Å²) >= 11 is 0. The molecule has 1 atom stereocenters. The van der Waals surface area contributed by atoms with E-state index in [9.17, 15) is 4.79 Å². The lowest BCUT2D eigenvalue weighted by Crippen LogP contribution is -2.35. The van der Waals surface area contributed by atoms with E-state index in [1.165, 1.54) is 12.8 Å². The maximum atomic E-state index is 11.5. The molecule has 18 heavy (non-hydrogen) atoms. The average molecular weight is 247 g/mol. The molecule has 0 N–H and O–H groups in total. The normalized spacial score (nSPS) is 20.0.